The summed E-state index contributed by atoms with van der Waals surface area (Å²) >= 11 is 0. The third kappa shape index (κ3) is 2.79. The van der Waals surface area contributed by atoms with Crippen LogP contribution in [0.25, 0.3) is 0 Å². The van der Waals surface area contributed by atoms with Gasteiger partial charge in [-0.25, -0.2) is 0 Å². The summed E-state index contributed by atoms with van der Waals surface area (Å²) in [7, 11) is 0. The van der Waals surface area contributed by atoms with Gasteiger partial charge >= 0.3 is 6.01 Å². The molecule has 6 heteroatoms. The van der Waals surface area contributed by atoms with Crippen LogP contribution in [0, 0.1) is 0 Å². The van der Waals surface area contributed by atoms with Crippen LogP contribution in [0.4, 0.5) is 6.01 Å². The summed E-state index contributed by atoms with van der Waals surface area (Å²) in [5.74, 6) is 0.417. The molecule has 0 saturated heterocycles. The highest BCUT2D eigenvalue weighted by Gasteiger charge is 2.13. The normalized spacial score (nSPS) is 14.3. The van der Waals surface area contributed by atoms with Gasteiger partial charge < -0.3 is 15.5 Å². The zero-order valence-electron chi connectivity index (χ0n) is 9.79. The van der Waals surface area contributed by atoms with Gasteiger partial charge in [-0.3, -0.25) is 4.98 Å². The van der Waals surface area contributed by atoms with Gasteiger partial charge in [0, 0.05) is 6.20 Å². The van der Waals surface area contributed by atoms with Gasteiger partial charge in [-0.2, -0.15) is 0 Å². The molecule has 0 amide bonds. The standard InChI is InChI=1S/C11H15N5O/c1-7(12)10-15-16-11(17-10)14-8(2)9-5-3-4-6-13-9/h3-8H,12H2,1-2H3,(H,14,16). The van der Waals surface area contributed by atoms with E-state index in [0.29, 0.717) is 11.9 Å². The van der Waals surface area contributed by atoms with E-state index in [1.54, 1.807) is 13.1 Å². The van der Waals surface area contributed by atoms with Crippen LogP contribution in [0.15, 0.2) is 28.8 Å². The molecule has 2 rings (SSSR count). The molecule has 6 nitrogen and oxygen atoms in total. The van der Waals surface area contributed by atoms with Crippen LogP contribution in [0.5, 0.6) is 0 Å². The Hall–Kier alpha value is -1.95. The van der Waals surface area contributed by atoms with Gasteiger partial charge in [0.05, 0.1) is 17.8 Å². The second-order valence-corrected chi connectivity index (χ2v) is 3.85. The smallest absolute Gasteiger partial charge is 0.316 e. The quantitative estimate of drug-likeness (QED) is 0.834. The summed E-state index contributed by atoms with van der Waals surface area (Å²) in [5.41, 5.74) is 6.54. The minimum absolute atomic E-state index is 0.00224. The molecular formula is C11H15N5O. The van der Waals surface area contributed by atoms with Crippen molar-refractivity contribution >= 4 is 6.01 Å². The highest BCUT2D eigenvalue weighted by atomic mass is 16.4. The second kappa shape index (κ2) is 4.92. The maximum atomic E-state index is 5.63. The van der Waals surface area contributed by atoms with Crippen LogP contribution in [0.2, 0.25) is 0 Å². The predicted molar refractivity (Wildman–Crippen MR) is 63.2 cm³/mol. The van der Waals surface area contributed by atoms with Crippen LogP contribution in [0.3, 0.4) is 0 Å². The first-order chi connectivity index (χ1) is 8.16. The van der Waals surface area contributed by atoms with Crippen molar-refractivity contribution in [1.82, 2.24) is 15.2 Å². The van der Waals surface area contributed by atoms with E-state index in [0.717, 1.165) is 5.69 Å². The Morgan fingerprint density at radius 2 is 2.12 bits per heavy atom. The molecule has 90 valence electrons. The van der Waals surface area contributed by atoms with E-state index in [2.05, 4.69) is 20.5 Å². The monoisotopic (exact) mass is 233 g/mol. The number of pyridine rings is 1. The number of rotatable bonds is 4. The van der Waals surface area contributed by atoms with Gasteiger partial charge in [0.25, 0.3) is 0 Å². The summed E-state index contributed by atoms with van der Waals surface area (Å²) in [6, 6.07) is 5.83. The Kier molecular flexibility index (Phi) is 3.34. The molecule has 2 unspecified atom stereocenters. The number of nitrogens with zero attached hydrogens (tertiary/aromatic N) is 3. The van der Waals surface area contributed by atoms with Gasteiger partial charge in [-0.15, -0.1) is 5.10 Å². The Balaban J connectivity index is 2.05. The van der Waals surface area contributed by atoms with Crippen LogP contribution >= 0.6 is 0 Å². The van der Waals surface area contributed by atoms with E-state index in [9.17, 15) is 0 Å². The fourth-order valence-corrected chi connectivity index (χ4v) is 1.37. The minimum Gasteiger partial charge on any atom is -0.406 e. The number of nitrogens with two attached hydrogens (primary N) is 1. The third-order valence-electron chi connectivity index (χ3n) is 2.30. The largest absolute Gasteiger partial charge is 0.406 e. The van der Waals surface area contributed by atoms with Crippen molar-refractivity contribution in [1.29, 1.82) is 0 Å². The maximum Gasteiger partial charge on any atom is 0.316 e. The van der Waals surface area contributed by atoms with E-state index in [-0.39, 0.29) is 12.1 Å². The fourth-order valence-electron chi connectivity index (χ4n) is 1.37. The number of hydrogen-bond acceptors (Lipinski definition) is 6. The average Bonchev–Trinajstić information content (AvgIpc) is 2.79. The third-order valence-corrected chi connectivity index (χ3v) is 2.30. The minimum atomic E-state index is -0.261. The maximum absolute atomic E-state index is 5.63. The lowest BCUT2D eigenvalue weighted by molar-refractivity contribution is 0.469. The summed E-state index contributed by atoms with van der Waals surface area (Å²) in [4.78, 5) is 4.24. The molecule has 0 bridgehead atoms. The van der Waals surface area contributed by atoms with Crippen molar-refractivity contribution in [3.8, 4) is 0 Å². The Morgan fingerprint density at radius 3 is 2.71 bits per heavy atom. The number of hydrogen-bond donors (Lipinski definition) is 2. The molecular weight excluding hydrogens is 218 g/mol. The summed E-state index contributed by atoms with van der Waals surface area (Å²) in [6.07, 6.45) is 1.74. The second-order valence-electron chi connectivity index (χ2n) is 3.85. The topological polar surface area (TPSA) is 89.9 Å². The Bertz CT molecular complexity index is 468. The van der Waals surface area contributed by atoms with Crippen molar-refractivity contribution in [2.75, 3.05) is 5.32 Å². The zero-order valence-corrected chi connectivity index (χ0v) is 9.79. The predicted octanol–water partition coefficient (Wildman–Crippen LogP) is 1.66. The molecule has 2 atom stereocenters. The van der Waals surface area contributed by atoms with Crippen molar-refractivity contribution in [3.05, 3.63) is 36.0 Å². The van der Waals surface area contributed by atoms with E-state index in [4.69, 9.17) is 10.2 Å². The first-order valence-electron chi connectivity index (χ1n) is 5.43. The van der Waals surface area contributed by atoms with Crippen molar-refractivity contribution < 1.29 is 4.42 Å². The van der Waals surface area contributed by atoms with Gasteiger partial charge in [-0.1, -0.05) is 11.2 Å². The summed E-state index contributed by atoms with van der Waals surface area (Å²) in [6.45, 7) is 3.76. The molecule has 2 aromatic rings. The van der Waals surface area contributed by atoms with Crippen molar-refractivity contribution in [3.63, 3.8) is 0 Å². The lowest BCUT2D eigenvalue weighted by atomic mass is 10.2. The van der Waals surface area contributed by atoms with Crippen molar-refractivity contribution in [2.45, 2.75) is 25.9 Å². The van der Waals surface area contributed by atoms with Crippen molar-refractivity contribution in [2.24, 2.45) is 5.73 Å². The lowest BCUT2D eigenvalue weighted by Crippen LogP contribution is -2.08. The van der Waals surface area contributed by atoms with E-state index in [1.165, 1.54) is 0 Å². The first kappa shape index (κ1) is 11.5. The van der Waals surface area contributed by atoms with Crippen LogP contribution in [-0.4, -0.2) is 15.2 Å². The van der Waals surface area contributed by atoms with Crippen LogP contribution in [0.1, 0.15) is 37.5 Å². The first-order valence-corrected chi connectivity index (χ1v) is 5.43. The van der Waals surface area contributed by atoms with Crippen LogP contribution in [-0.2, 0) is 0 Å². The lowest BCUT2D eigenvalue weighted by Gasteiger charge is -2.10. The fraction of sp³-hybridized carbons (Fsp3) is 0.364. The molecule has 0 aromatic carbocycles. The van der Waals surface area contributed by atoms with E-state index in [1.807, 2.05) is 25.1 Å². The summed E-state index contributed by atoms with van der Waals surface area (Å²) in [5, 5.41) is 10.8. The SMILES string of the molecule is CC(N)c1nnc(NC(C)c2ccccn2)o1. The molecule has 3 N–H and O–H groups in total. The zero-order chi connectivity index (χ0) is 12.3. The van der Waals surface area contributed by atoms with E-state index >= 15 is 0 Å². The molecule has 0 saturated carbocycles. The highest BCUT2D eigenvalue weighted by Crippen LogP contribution is 2.17. The molecule has 0 aliphatic rings. The molecule has 0 aliphatic carbocycles. The van der Waals surface area contributed by atoms with Crippen LogP contribution < -0.4 is 11.1 Å². The average molecular weight is 233 g/mol. The highest BCUT2D eigenvalue weighted by molar-refractivity contribution is 5.24. The molecule has 0 radical (unpaired) electrons. The molecule has 17 heavy (non-hydrogen) atoms. The molecule has 2 heterocycles. The number of aromatic nitrogens is 3. The van der Waals surface area contributed by atoms with Gasteiger partial charge in [-0.05, 0) is 26.0 Å². The molecule has 0 aliphatic heterocycles. The van der Waals surface area contributed by atoms with Gasteiger partial charge in [0.15, 0.2) is 0 Å². The Morgan fingerprint density at radius 1 is 1.29 bits per heavy atom. The Labute approximate surface area is 99.3 Å². The molecule has 2 aromatic heterocycles. The number of anilines is 1. The molecule has 0 spiro atoms. The van der Waals surface area contributed by atoms with E-state index < -0.39 is 0 Å². The molecule has 0 fully saturated rings. The van der Waals surface area contributed by atoms with Gasteiger partial charge in [0.2, 0.25) is 5.89 Å². The van der Waals surface area contributed by atoms with Gasteiger partial charge in [0.1, 0.15) is 0 Å². The number of nitrogens with one attached hydrogen (secondary N) is 1. The summed E-state index contributed by atoms with van der Waals surface area (Å²) < 4.78 is 5.35.